The highest BCUT2D eigenvalue weighted by molar-refractivity contribution is 5.91. The molecule has 7 heteroatoms. The minimum absolute atomic E-state index is 0.0513. The number of fused-ring (bicyclic) bond motifs is 3. The molecule has 2 aromatic rings. The maximum Gasteiger partial charge on any atom is 0.420 e. The fraction of sp³-hybridized carbons (Fsp3) is 0.621. The molecule has 2 heterocycles. The van der Waals surface area contributed by atoms with Crippen molar-refractivity contribution in [1.29, 1.82) is 0 Å². The van der Waals surface area contributed by atoms with Gasteiger partial charge in [-0.25, -0.2) is 0 Å². The third-order valence-electron chi connectivity index (χ3n) is 8.75. The standard InChI is InChI=1S/C29H36F3NO3/c1-18-7-11-23(12-8-18)36-26-14-13-24-19(4-2-6-25(24)27(26)29(30,31)32)5-3-15-33-21-9-10-22(33)17-20(16-21)28(34)35/h2,4,6,13-14,18,20-23H,3,5,7-12,15-17H2,1H3,(H,34,35). The van der Waals surface area contributed by atoms with Gasteiger partial charge in [0.25, 0.3) is 0 Å². The maximum absolute atomic E-state index is 14.3. The molecule has 2 aliphatic heterocycles. The summed E-state index contributed by atoms with van der Waals surface area (Å²) in [6.07, 6.45) is 3.92. The summed E-state index contributed by atoms with van der Waals surface area (Å²) in [4.78, 5) is 13.9. The number of carboxylic acids is 1. The van der Waals surface area contributed by atoms with E-state index < -0.39 is 17.7 Å². The van der Waals surface area contributed by atoms with E-state index in [0.717, 1.165) is 57.1 Å². The number of nitrogens with zero attached hydrogens (tertiary/aromatic N) is 1. The van der Waals surface area contributed by atoms with Crippen LogP contribution in [0.4, 0.5) is 13.2 Å². The lowest BCUT2D eigenvalue weighted by atomic mass is 9.89. The van der Waals surface area contributed by atoms with E-state index in [1.165, 1.54) is 6.07 Å². The molecule has 3 fully saturated rings. The maximum atomic E-state index is 14.3. The summed E-state index contributed by atoms with van der Waals surface area (Å²) in [6.45, 7) is 3.03. The number of halogens is 3. The van der Waals surface area contributed by atoms with Crippen molar-refractivity contribution in [3.63, 3.8) is 0 Å². The summed E-state index contributed by atoms with van der Waals surface area (Å²) in [7, 11) is 0. The molecule has 2 aromatic carbocycles. The van der Waals surface area contributed by atoms with Gasteiger partial charge in [0.1, 0.15) is 11.3 Å². The molecule has 1 N–H and O–H groups in total. The summed E-state index contributed by atoms with van der Waals surface area (Å²) >= 11 is 0. The quantitative estimate of drug-likeness (QED) is 0.439. The molecular weight excluding hydrogens is 467 g/mol. The molecule has 0 radical (unpaired) electrons. The Labute approximate surface area is 210 Å². The molecule has 2 bridgehead atoms. The second-order valence-corrected chi connectivity index (χ2v) is 11.2. The second-order valence-electron chi connectivity index (χ2n) is 11.2. The number of piperidine rings is 1. The molecule has 2 saturated heterocycles. The Balaban J connectivity index is 1.32. The first kappa shape index (κ1) is 25.4. The predicted octanol–water partition coefficient (Wildman–Crippen LogP) is 7.08. The van der Waals surface area contributed by atoms with E-state index in [1.807, 2.05) is 6.07 Å². The van der Waals surface area contributed by atoms with Gasteiger partial charge in [-0.05, 0) is 99.1 Å². The summed E-state index contributed by atoms with van der Waals surface area (Å²) in [5.74, 6) is -0.385. The monoisotopic (exact) mass is 503 g/mol. The number of hydrogen-bond acceptors (Lipinski definition) is 3. The van der Waals surface area contributed by atoms with Crippen molar-refractivity contribution in [2.75, 3.05) is 6.54 Å². The Kier molecular flexibility index (Phi) is 7.21. The summed E-state index contributed by atoms with van der Waals surface area (Å²) in [5.41, 5.74) is 0.262. The molecule has 2 atom stereocenters. The summed E-state index contributed by atoms with van der Waals surface area (Å²) in [6, 6.07) is 9.16. The van der Waals surface area contributed by atoms with Gasteiger partial charge in [0, 0.05) is 12.1 Å². The molecule has 4 nitrogen and oxygen atoms in total. The number of alkyl halides is 3. The Morgan fingerprint density at radius 1 is 1.00 bits per heavy atom. The Morgan fingerprint density at radius 2 is 1.69 bits per heavy atom. The molecule has 3 aliphatic rings. The topological polar surface area (TPSA) is 49.8 Å². The van der Waals surface area contributed by atoms with Crippen molar-refractivity contribution in [2.24, 2.45) is 11.8 Å². The first-order chi connectivity index (χ1) is 17.2. The Bertz CT molecular complexity index is 1080. The van der Waals surface area contributed by atoms with Gasteiger partial charge in [-0.2, -0.15) is 13.2 Å². The van der Waals surface area contributed by atoms with Crippen LogP contribution in [0.2, 0.25) is 0 Å². The van der Waals surface area contributed by atoms with Crippen molar-refractivity contribution in [1.82, 2.24) is 4.90 Å². The van der Waals surface area contributed by atoms with Crippen LogP contribution in [0.1, 0.15) is 75.8 Å². The van der Waals surface area contributed by atoms with E-state index in [4.69, 9.17) is 4.74 Å². The van der Waals surface area contributed by atoms with Crippen molar-refractivity contribution >= 4 is 16.7 Å². The van der Waals surface area contributed by atoms with Crippen LogP contribution in [0, 0.1) is 11.8 Å². The number of hydrogen-bond donors (Lipinski definition) is 1. The number of carboxylic acid groups (broad SMARTS) is 1. The van der Waals surface area contributed by atoms with Crippen LogP contribution in [0.3, 0.4) is 0 Å². The van der Waals surface area contributed by atoms with Gasteiger partial charge < -0.3 is 9.84 Å². The van der Waals surface area contributed by atoms with Crippen LogP contribution in [0.5, 0.6) is 5.75 Å². The number of aliphatic carboxylic acids is 1. The predicted molar refractivity (Wildman–Crippen MR) is 133 cm³/mol. The zero-order valence-corrected chi connectivity index (χ0v) is 20.9. The van der Waals surface area contributed by atoms with E-state index in [0.29, 0.717) is 42.7 Å². The zero-order valence-electron chi connectivity index (χ0n) is 20.9. The highest BCUT2D eigenvalue weighted by Crippen LogP contribution is 2.44. The van der Waals surface area contributed by atoms with Gasteiger partial charge >= 0.3 is 12.1 Å². The average molecular weight is 504 g/mol. The lowest BCUT2D eigenvalue weighted by Crippen LogP contribution is -2.45. The smallest absolute Gasteiger partial charge is 0.420 e. The van der Waals surface area contributed by atoms with Crippen molar-refractivity contribution in [3.8, 4) is 5.75 Å². The summed E-state index contributed by atoms with van der Waals surface area (Å²) in [5, 5.41) is 10.3. The number of aryl methyl sites for hydroxylation is 1. The van der Waals surface area contributed by atoms with Crippen molar-refractivity contribution in [3.05, 3.63) is 41.5 Å². The van der Waals surface area contributed by atoms with E-state index >= 15 is 0 Å². The molecule has 36 heavy (non-hydrogen) atoms. The van der Waals surface area contributed by atoms with Gasteiger partial charge in [0.05, 0.1) is 12.0 Å². The van der Waals surface area contributed by atoms with E-state index in [2.05, 4.69) is 11.8 Å². The first-order valence-electron chi connectivity index (χ1n) is 13.5. The first-order valence-corrected chi connectivity index (χ1v) is 13.5. The highest BCUT2D eigenvalue weighted by atomic mass is 19.4. The molecule has 2 unspecified atom stereocenters. The zero-order chi connectivity index (χ0) is 25.4. The van der Waals surface area contributed by atoms with Crippen LogP contribution in [0.25, 0.3) is 10.8 Å². The third kappa shape index (κ3) is 5.22. The molecule has 1 saturated carbocycles. The molecule has 0 aromatic heterocycles. The van der Waals surface area contributed by atoms with Gasteiger partial charge in [-0.15, -0.1) is 0 Å². The van der Waals surface area contributed by atoms with Gasteiger partial charge in [0.15, 0.2) is 0 Å². The van der Waals surface area contributed by atoms with Gasteiger partial charge in [-0.1, -0.05) is 31.2 Å². The largest absolute Gasteiger partial charge is 0.490 e. The number of carbonyl (C=O) groups is 1. The van der Waals surface area contributed by atoms with Gasteiger partial charge in [-0.3, -0.25) is 9.69 Å². The average Bonchev–Trinajstić information content (AvgIpc) is 3.06. The van der Waals surface area contributed by atoms with E-state index in [1.54, 1.807) is 18.2 Å². The van der Waals surface area contributed by atoms with Crippen LogP contribution < -0.4 is 4.74 Å². The van der Waals surface area contributed by atoms with Gasteiger partial charge in [0.2, 0.25) is 0 Å². The summed E-state index contributed by atoms with van der Waals surface area (Å²) < 4.78 is 48.8. The molecule has 1 aliphatic carbocycles. The molecule has 0 spiro atoms. The highest BCUT2D eigenvalue weighted by Gasteiger charge is 2.42. The minimum Gasteiger partial charge on any atom is -0.490 e. The lowest BCUT2D eigenvalue weighted by Gasteiger charge is -2.37. The Morgan fingerprint density at radius 3 is 2.33 bits per heavy atom. The van der Waals surface area contributed by atoms with Crippen LogP contribution in [-0.4, -0.2) is 40.7 Å². The fourth-order valence-corrected chi connectivity index (χ4v) is 6.83. The fourth-order valence-electron chi connectivity index (χ4n) is 6.83. The SMILES string of the molecule is CC1CCC(Oc2ccc3c(CCCN4C5CCC4CC(C(=O)O)C5)cccc3c2C(F)(F)F)CC1. The number of rotatable bonds is 7. The lowest BCUT2D eigenvalue weighted by molar-refractivity contribution is -0.144. The van der Waals surface area contributed by atoms with E-state index in [-0.39, 0.29) is 23.2 Å². The number of ether oxygens (including phenoxy) is 1. The second kappa shape index (κ2) is 10.2. The van der Waals surface area contributed by atoms with Crippen LogP contribution in [-0.2, 0) is 17.4 Å². The molecule has 5 rings (SSSR count). The minimum atomic E-state index is -4.50. The molecule has 196 valence electrons. The Hall–Kier alpha value is -2.28. The van der Waals surface area contributed by atoms with Crippen LogP contribution in [0.15, 0.2) is 30.3 Å². The van der Waals surface area contributed by atoms with E-state index in [9.17, 15) is 23.1 Å². The third-order valence-corrected chi connectivity index (χ3v) is 8.75. The van der Waals surface area contributed by atoms with Crippen LogP contribution >= 0.6 is 0 Å². The molecule has 0 amide bonds. The van der Waals surface area contributed by atoms with Crippen molar-refractivity contribution < 1.29 is 27.8 Å². The van der Waals surface area contributed by atoms with Crippen molar-refractivity contribution in [2.45, 2.75) is 95.5 Å². The normalized spacial score (nSPS) is 28.9. The molecular formula is C29H36F3NO3. The number of benzene rings is 2.